The summed E-state index contributed by atoms with van der Waals surface area (Å²) < 4.78 is 37.3. The fourth-order valence-corrected chi connectivity index (χ4v) is 2.89. The molecule has 0 radical (unpaired) electrons. The Morgan fingerprint density at radius 2 is 1.74 bits per heavy atom. The third-order valence-corrected chi connectivity index (χ3v) is 4.28. The van der Waals surface area contributed by atoms with Crippen molar-refractivity contribution in [3.05, 3.63) is 46.4 Å². The van der Waals surface area contributed by atoms with Crippen LogP contribution in [0.2, 0.25) is 0 Å². The number of thioether (sulfide) groups is 1. The van der Waals surface area contributed by atoms with Crippen LogP contribution in [0.4, 0.5) is 18.0 Å². The summed E-state index contributed by atoms with van der Waals surface area (Å²) >= 11 is 0.907. The molecule has 1 fully saturated rings. The van der Waals surface area contributed by atoms with E-state index < -0.39 is 11.7 Å². The van der Waals surface area contributed by atoms with Gasteiger partial charge in [-0.05, 0) is 55.1 Å². The Bertz CT molecular complexity index is 609. The van der Waals surface area contributed by atoms with Crippen LogP contribution < -0.4 is 5.32 Å². The Kier molecular flexibility index (Phi) is 5.87. The Balaban J connectivity index is 1.67. The topological polar surface area (TPSA) is 46.2 Å². The number of imide groups is 1. The van der Waals surface area contributed by atoms with E-state index in [-0.39, 0.29) is 11.1 Å². The second-order valence-electron chi connectivity index (χ2n) is 5.21. The minimum Gasteiger partial charge on any atom is -0.282 e. The van der Waals surface area contributed by atoms with Gasteiger partial charge < -0.3 is 0 Å². The Hall–Kier alpha value is -1.76. The van der Waals surface area contributed by atoms with Crippen LogP contribution in [-0.4, -0.2) is 11.1 Å². The van der Waals surface area contributed by atoms with Gasteiger partial charge in [-0.3, -0.25) is 14.9 Å². The molecule has 1 aromatic rings. The molecule has 124 valence electrons. The first kappa shape index (κ1) is 17.6. The van der Waals surface area contributed by atoms with E-state index in [4.69, 9.17) is 0 Å². The lowest BCUT2D eigenvalue weighted by Crippen LogP contribution is -2.17. The molecule has 0 bridgehead atoms. The molecule has 0 atom stereocenters. The van der Waals surface area contributed by atoms with E-state index >= 15 is 0 Å². The Morgan fingerprint density at radius 3 is 2.30 bits per heavy atom. The zero-order valence-electron chi connectivity index (χ0n) is 12.3. The van der Waals surface area contributed by atoms with Gasteiger partial charge >= 0.3 is 6.18 Å². The first-order valence-electron chi connectivity index (χ1n) is 7.26. The van der Waals surface area contributed by atoms with Gasteiger partial charge in [-0.25, -0.2) is 0 Å². The number of alkyl halides is 3. The minimum atomic E-state index is -4.29. The summed E-state index contributed by atoms with van der Waals surface area (Å²) in [6, 6.07) is 5.23. The minimum absolute atomic E-state index is 0.343. The molecule has 0 spiro atoms. The van der Waals surface area contributed by atoms with Crippen LogP contribution in [0.15, 0.2) is 35.2 Å². The van der Waals surface area contributed by atoms with Gasteiger partial charge in [-0.15, -0.1) is 0 Å². The molecule has 0 aromatic heterocycles. The lowest BCUT2D eigenvalue weighted by molar-refractivity contribution is -0.137. The van der Waals surface area contributed by atoms with E-state index in [1.54, 1.807) is 6.08 Å². The number of hydrogen-bond acceptors (Lipinski definition) is 3. The van der Waals surface area contributed by atoms with Crippen LogP contribution in [-0.2, 0) is 17.4 Å². The number of rotatable bonds is 6. The maximum Gasteiger partial charge on any atom is 0.416 e. The number of allylic oxidation sites excluding steroid dienone is 1. The van der Waals surface area contributed by atoms with Crippen LogP contribution in [0.25, 0.3) is 0 Å². The average molecular weight is 343 g/mol. The van der Waals surface area contributed by atoms with Crippen molar-refractivity contribution in [2.24, 2.45) is 0 Å². The molecule has 1 aliphatic rings. The summed E-state index contributed by atoms with van der Waals surface area (Å²) in [5, 5.41) is 1.85. The lowest BCUT2D eigenvalue weighted by Gasteiger charge is -2.07. The highest BCUT2D eigenvalue weighted by Gasteiger charge is 2.29. The summed E-state index contributed by atoms with van der Waals surface area (Å²) in [5.74, 6) is -0.343. The van der Waals surface area contributed by atoms with Crippen molar-refractivity contribution in [3.8, 4) is 0 Å². The first-order valence-corrected chi connectivity index (χ1v) is 8.07. The first-order chi connectivity index (χ1) is 10.9. The second kappa shape index (κ2) is 7.68. The Morgan fingerprint density at radius 1 is 1.04 bits per heavy atom. The summed E-state index contributed by atoms with van der Waals surface area (Å²) in [6.45, 7) is 0. The highest BCUT2D eigenvalue weighted by atomic mass is 32.2. The van der Waals surface area contributed by atoms with Crippen LogP contribution in [0.3, 0.4) is 0 Å². The van der Waals surface area contributed by atoms with Gasteiger partial charge in [0.05, 0.1) is 10.5 Å². The zero-order valence-corrected chi connectivity index (χ0v) is 13.1. The zero-order chi connectivity index (χ0) is 16.9. The number of halogens is 3. The second-order valence-corrected chi connectivity index (χ2v) is 6.22. The molecule has 23 heavy (non-hydrogen) atoms. The number of amides is 2. The van der Waals surface area contributed by atoms with Gasteiger partial charge in [0.15, 0.2) is 0 Å². The number of benzene rings is 1. The molecule has 1 aromatic carbocycles. The van der Waals surface area contributed by atoms with Crippen LogP contribution >= 0.6 is 11.8 Å². The fraction of sp³-hybridized carbons (Fsp3) is 0.375. The maximum absolute atomic E-state index is 12.4. The van der Waals surface area contributed by atoms with E-state index in [2.05, 4.69) is 5.32 Å². The molecule has 0 saturated carbocycles. The number of unbranched alkanes of at least 4 members (excludes halogenated alkanes) is 3. The fourth-order valence-electron chi connectivity index (χ4n) is 2.20. The summed E-state index contributed by atoms with van der Waals surface area (Å²) in [5.41, 5.74) is 0.252. The van der Waals surface area contributed by atoms with Crippen LogP contribution in [0.5, 0.6) is 0 Å². The van der Waals surface area contributed by atoms with E-state index in [0.29, 0.717) is 11.3 Å². The van der Waals surface area contributed by atoms with Gasteiger partial charge in [-0.2, -0.15) is 13.2 Å². The highest BCUT2D eigenvalue weighted by Crippen LogP contribution is 2.29. The predicted molar refractivity (Wildman–Crippen MR) is 82.8 cm³/mol. The van der Waals surface area contributed by atoms with Crippen molar-refractivity contribution in [1.82, 2.24) is 5.32 Å². The monoisotopic (exact) mass is 343 g/mol. The number of hydrogen-bond donors (Lipinski definition) is 1. The molecule has 0 aliphatic carbocycles. The molecule has 1 heterocycles. The largest absolute Gasteiger partial charge is 0.416 e. The molecule has 1 N–H and O–H groups in total. The molecule has 7 heteroatoms. The van der Waals surface area contributed by atoms with Crippen molar-refractivity contribution in [1.29, 1.82) is 0 Å². The van der Waals surface area contributed by atoms with E-state index in [0.717, 1.165) is 55.1 Å². The Labute approximate surface area is 136 Å². The summed E-state index contributed by atoms with van der Waals surface area (Å²) in [6.07, 6.45) is 1.53. The van der Waals surface area contributed by atoms with Crippen molar-refractivity contribution in [3.63, 3.8) is 0 Å². The number of carbonyl (C=O) groups excluding carboxylic acids is 2. The number of carbonyl (C=O) groups is 2. The van der Waals surface area contributed by atoms with E-state index in [1.807, 2.05) is 0 Å². The third-order valence-electron chi connectivity index (χ3n) is 3.42. The standard InChI is InChI=1S/C16H16F3NO2S/c17-16(18,19)12-9-7-11(8-10-12)5-3-1-2-4-6-13-14(21)20-15(22)23-13/h6-10H,1-5H2,(H,20,21,22). The van der Waals surface area contributed by atoms with E-state index in [1.165, 1.54) is 12.1 Å². The SMILES string of the molecule is O=C1NC(=O)C(=CCCCCCc2ccc(C(F)(F)F)cc2)S1. The number of nitrogens with one attached hydrogen (secondary N) is 1. The van der Waals surface area contributed by atoms with E-state index in [9.17, 15) is 22.8 Å². The molecule has 2 amide bonds. The molecular weight excluding hydrogens is 327 g/mol. The number of aryl methyl sites for hydroxylation is 1. The van der Waals surface area contributed by atoms with Gasteiger partial charge in [0.25, 0.3) is 11.1 Å². The molecule has 0 unspecified atom stereocenters. The van der Waals surface area contributed by atoms with Gasteiger partial charge in [0.2, 0.25) is 0 Å². The average Bonchev–Trinajstić information content (AvgIpc) is 2.80. The third kappa shape index (κ3) is 5.42. The molecule has 3 nitrogen and oxygen atoms in total. The van der Waals surface area contributed by atoms with Crippen molar-refractivity contribution in [2.75, 3.05) is 0 Å². The lowest BCUT2D eigenvalue weighted by atomic mass is 10.0. The smallest absolute Gasteiger partial charge is 0.282 e. The normalized spacial score (nSPS) is 16.9. The summed E-state index contributed by atoms with van der Waals surface area (Å²) in [7, 11) is 0. The van der Waals surface area contributed by atoms with Crippen molar-refractivity contribution >= 4 is 22.9 Å². The molecular formula is C16H16F3NO2S. The van der Waals surface area contributed by atoms with Crippen LogP contribution in [0.1, 0.15) is 36.8 Å². The van der Waals surface area contributed by atoms with Gasteiger partial charge in [0, 0.05) is 0 Å². The highest BCUT2D eigenvalue weighted by molar-refractivity contribution is 8.18. The van der Waals surface area contributed by atoms with Crippen molar-refractivity contribution < 1.29 is 22.8 Å². The molecule has 1 saturated heterocycles. The quantitative estimate of drug-likeness (QED) is 0.603. The predicted octanol–water partition coefficient (Wildman–Crippen LogP) is 4.68. The van der Waals surface area contributed by atoms with Gasteiger partial charge in [0.1, 0.15) is 0 Å². The van der Waals surface area contributed by atoms with Gasteiger partial charge in [-0.1, -0.05) is 24.6 Å². The molecule has 1 aliphatic heterocycles. The maximum atomic E-state index is 12.4. The van der Waals surface area contributed by atoms with Crippen molar-refractivity contribution in [2.45, 2.75) is 38.3 Å². The molecule has 2 rings (SSSR count). The summed E-state index contributed by atoms with van der Waals surface area (Å²) in [4.78, 5) is 22.7. The van der Waals surface area contributed by atoms with Crippen LogP contribution in [0, 0.1) is 0 Å².